The second-order valence-electron chi connectivity index (χ2n) is 5.52. The maximum atomic E-state index is 12.0. The summed E-state index contributed by atoms with van der Waals surface area (Å²) in [5.41, 5.74) is 0.0400. The lowest BCUT2D eigenvalue weighted by molar-refractivity contribution is -0.167. The zero-order valence-corrected chi connectivity index (χ0v) is 13.7. The number of hydrogen-bond donors (Lipinski definition) is 0. The van der Waals surface area contributed by atoms with E-state index in [1.54, 1.807) is 26.8 Å². The van der Waals surface area contributed by atoms with Gasteiger partial charge in [0.1, 0.15) is 6.10 Å². The van der Waals surface area contributed by atoms with E-state index >= 15 is 0 Å². The summed E-state index contributed by atoms with van der Waals surface area (Å²) in [6.07, 6.45) is 3.07. The van der Waals surface area contributed by atoms with Crippen LogP contribution in [0.4, 0.5) is 0 Å². The number of hydrogen-bond acceptors (Lipinski definition) is 4. The van der Waals surface area contributed by atoms with Gasteiger partial charge in [-0.05, 0) is 38.8 Å². The molecule has 1 unspecified atom stereocenters. The third kappa shape index (κ3) is 5.02. The van der Waals surface area contributed by atoms with E-state index in [0.717, 1.165) is 5.56 Å². The van der Waals surface area contributed by atoms with Gasteiger partial charge in [-0.25, -0.2) is 4.79 Å². The van der Waals surface area contributed by atoms with Crippen LogP contribution in [-0.4, -0.2) is 24.6 Å². The lowest BCUT2D eigenvalue weighted by Gasteiger charge is -2.30. The van der Waals surface area contributed by atoms with E-state index in [4.69, 9.17) is 9.47 Å². The minimum absolute atomic E-state index is 0.306. The van der Waals surface area contributed by atoms with Crippen molar-refractivity contribution in [3.05, 3.63) is 42.0 Å². The molecule has 0 radical (unpaired) electrons. The molecule has 1 aromatic rings. The summed E-state index contributed by atoms with van der Waals surface area (Å²) in [4.78, 5) is 23.9. The van der Waals surface area contributed by atoms with Crippen LogP contribution in [0.3, 0.4) is 0 Å². The molecule has 0 amide bonds. The Bertz CT molecular complexity index is 517. The van der Waals surface area contributed by atoms with Crippen molar-refractivity contribution in [2.75, 3.05) is 6.61 Å². The smallest absolute Gasteiger partial charge is 0.331 e. The Morgan fingerprint density at radius 2 is 1.82 bits per heavy atom. The average Bonchev–Trinajstić information content (AvgIpc) is 2.51. The van der Waals surface area contributed by atoms with E-state index in [9.17, 15) is 9.59 Å². The van der Waals surface area contributed by atoms with Crippen LogP contribution >= 0.6 is 0 Å². The normalized spacial score (nSPS) is 12.9. The van der Waals surface area contributed by atoms with E-state index in [1.165, 1.54) is 6.08 Å². The van der Waals surface area contributed by atoms with Crippen molar-refractivity contribution in [1.82, 2.24) is 0 Å². The monoisotopic (exact) mass is 304 g/mol. The van der Waals surface area contributed by atoms with Crippen molar-refractivity contribution in [2.45, 2.75) is 40.2 Å². The molecule has 1 aromatic carbocycles. The molecule has 0 heterocycles. The minimum atomic E-state index is -0.874. The van der Waals surface area contributed by atoms with Gasteiger partial charge in [0.25, 0.3) is 0 Å². The number of ether oxygens (including phenoxy) is 2. The van der Waals surface area contributed by atoms with Crippen LogP contribution in [0.25, 0.3) is 6.08 Å². The van der Waals surface area contributed by atoms with Crippen LogP contribution < -0.4 is 0 Å². The summed E-state index contributed by atoms with van der Waals surface area (Å²) in [5, 5.41) is 0. The summed E-state index contributed by atoms with van der Waals surface area (Å²) >= 11 is 0. The number of esters is 2. The molecule has 120 valence electrons. The van der Waals surface area contributed by atoms with Gasteiger partial charge in [0.05, 0.1) is 12.0 Å². The zero-order valence-electron chi connectivity index (χ0n) is 13.7. The zero-order chi connectivity index (χ0) is 16.6. The van der Waals surface area contributed by atoms with Gasteiger partial charge in [-0.15, -0.1) is 0 Å². The molecule has 4 heteroatoms. The van der Waals surface area contributed by atoms with Crippen molar-refractivity contribution >= 4 is 18.0 Å². The first-order valence-electron chi connectivity index (χ1n) is 7.52. The lowest BCUT2D eigenvalue weighted by Crippen LogP contribution is -2.41. The van der Waals surface area contributed by atoms with Crippen LogP contribution in [0, 0.1) is 5.41 Å². The highest BCUT2D eigenvalue weighted by atomic mass is 16.6. The minimum Gasteiger partial charge on any atom is -0.465 e. The Labute approximate surface area is 132 Å². The Kier molecular flexibility index (Phi) is 6.83. The standard InChI is InChI=1S/C18H24O4/c1-5-15(18(3,4)17(20)21-6-2)22-16(19)13-12-14-10-8-7-9-11-14/h7-13,15H,5-6H2,1-4H3. The highest BCUT2D eigenvalue weighted by Crippen LogP contribution is 2.28. The largest absolute Gasteiger partial charge is 0.465 e. The second-order valence-corrected chi connectivity index (χ2v) is 5.52. The first kappa shape index (κ1) is 18.0. The summed E-state index contributed by atoms with van der Waals surface area (Å²) in [7, 11) is 0. The molecule has 0 saturated heterocycles. The van der Waals surface area contributed by atoms with Crippen LogP contribution in [0.2, 0.25) is 0 Å². The molecule has 1 atom stereocenters. The fourth-order valence-electron chi connectivity index (χ4n) is 2.10. The van der Waals surface area contributed by atoms with Gasteiger partial charge in [0, 0.05) is 6.08 Å². The molecule has 0 aliphatic carbocycles. The molecular formula is C18H24O4. The molecule has 0 fully saturated rings. The molecule has 0 aromatic heterocycles. The fourth-order valence-corrected chi connectivity index (χ4v) is 2.10. The van der Waals surface area contributed by atoms with Crippen molar-refractivity contribution in [3.63, 3.8) is 0 Å². The van der Waals surface area contributed by atoms with E-state index < -0.39 is 17.5 Å². The number of carbonyl (C=O) groups excluding carboxylic acids is 2. The third-order valence-electron chi connectivity index (χ3n) is 3.45. The molecule has 1 rings (SSSR count). The molecule has 4 nitrogen and oxygen atoms in total. The number of benzene rings is 1. The summed E-state index contributed by atoms with van der Waals surface area (Å²) < 4.78 is 10.5. The van der Waals surface area contributed by atoms with Crippen LogP contribution in [0.5, 0.6) is 0 Å². The van der Waals surface area contributed by atoms with Gasteiger partial charge in [-0.1, -0.05) is 37.3 Å². The van der Waals surface area contributed by atoms with E-state index in [1.807, 2.05) is 37.3 Å². The lowest BCUT2D eigenvalue weighted by atomic mass is 9.85. The van der Waals surface area contributed by atoms with Crippen LogP contribution in [0.1, 0.15) is 39.7 Å². The van der Waals surface area contributed by atoms with Crippen molar-refractivity contribution in [1.29, 1.82) is 0 Å². The average molecular weight is 304 g/mol. The summed E-state index contributed by atoms with van der Waals surface area (Å²) in [5.74, 6) is -0.824. The van der Waals surface area contributed by atoms with Gasteiger partial charge in [-0.3, -0.25) is 4.79 Å². The van der Waals surface area contributed by atoms with E-state index in [2.05, 4.69) is 0 Å². The molecular weight excluding hydrogens is 280 g/mol. The Balaban J connectivity index is 2.71. The van der Waals surface area contributed by atoms with Gasteiger partial charge in [-0.2, -0.15) is 0 Å². The SMILES string of the molecule is CCOC(=O)C(C)(C)C(CC)OC(=O)C=Cc1ccccc1. The fraction of sp³-hybridized carbons (Fsp3) is 0.444. The van der Waals surface area contributed by atoms with E-state index in [0.29, 0.717) is 13.0 Å². The summed E-state index contributed by atoms with van der Waals surface area (Å²) in [6, 6.07) is 9.48. The number of carbonyl (C=O) groups is 2. The predicted molar refractivity (Wildman–Crippen MR) is 86.1 cm³/mol. The van der Waals surface area contributed by atoms with Crippen molar-refractivity contribution < 1.29 is 19.1 Å². The van der Waals surface area contributed by atoms with Gasteiger partial charge < -0.3 is 9.47 Å². The van der Waals surface area contributed by atoms with E-state index in [-0.39, 0.29) is 5.97 Å². The van der Waals surface area contributed by atoms with Gasteiger partial charge >= 0.3 is 11.9 Å². The van der Waals surface area contributed by atoms with Crippen molar-refractivity contribution in [2.24, 2.45) is 5.41 Å². The Morgan fingerprint density at radius 1 is 1.18 bits per heavy atom. The quantitative estimate of drug-likeness (QED) is 0.570. The third-order valence-corrected chi connectivity index (χ3v) is 3.45. The topological polar surface area (TPSA) is 52.6 Å². The van der Waals surface area contributed by atoms with Crippen molar-refractivity contribution in [3.8, 4) is 0 Å². The number of rotatable bonds is 7. The molecule has 0 spiro atoms. The molecule has 0 bridgehead atoms. The maximum Gasteiger partial charge on any atom is 0.331 e. The molecule has 0 N–H and O–H groups in total. The second kappa shape index (κ2) is 8.37. The molecule has 22 heavy (non-hydrogen) atoms. The summed E-state index contributed by atoms with van der Waals surface area (Å²) in [6.45, 7) is 7.39. The first-order chi connectivity index (χ1) is 10.4. The Hall–Kier alpha value is -2.10. The van der Waals surface area contributed by atoms with Crippen LogP contribution in [-0.2, 0) is 19.1 Å². The highest BCUT2D eigenvalue weighted by Gasteiger charge is 2.39. The predicted octanol–water partition coefficient (Wildman–Crippen LogP) is 3.61. The van der Waals surface area contributed by atoms with Gasteiger partial charge in [0.2, 0.25) is 0 Å². The Morgan fingerprint density at radius 3 is 2.36 bits per heavy atom. The van der Waals surface area contributed by atoms with Gasteiger partial charge in [0.15, 0.2) is 0 Å². The molecule has 0 saturated carbocycles. The first-order valence-corrected chi connectivity index (χ1v) is 7.52. The highest BCUT2D eigenvalue weighted by molar-refractivity contribution is 5.87. The molecule has 0 aliphatic rings. The molecule has 0 aliphatic heterocycles. The maximum absolute atomic E-state index is 12.0. The van der Waals surface area contributed by atoms with Crippen LogP contribution in [0.15, 0.2) is 36.4 Å².